The number of aromatic nitrogens is 6. The van der Waals surface area contributed by atoms with E-state index < -0.39 is 0 Å². The fourth-order valence-corrected chi connectivity index (χ4v) is 2.74. The number of hydrogen-bond acceptors (Lipinski definition) is 4. The summed E-state index contributed by atoms with van der Waals surface area (Å²) < 4.78 is 1.78. The van der Waals surface area contributed by atoms with Crippen LogP contribution in [0, 0.1) is 13.1 Å². The van der Waals surface area contributed by atoms with Crippen LogP contribution in [0.1, 0.15) is 5.56 Å². The molecule has 0 fully saturated rings. The molecule has 0 saturated heterocycles. The summed E-state index contributed by atoms with van der Waals surface area (Å²) in [6.45, 7) is 1.97. The number of nitrogens with zero attached hydrogens (tertiary/aromatic N) is 5. The third-order valence-electron chi connectivity index (χ3n) is 3.68. The fourth-order valence-electron chi connectivity index (χ4n) is 2.51. The highest BCUT2D eigenvalue weighted by atomic mass is 35.5. The normalized spacial score (nSPS) is 10.9. The molecule has 0 spiro atoms. The van der Waals surface area contributed by atoms with Crippen LogP contribution in [0.25, 0.3) is 28.3 Å². The van der Waals surface area contributed by atoms with E-state index in [9.17, 15) is 0 Å². The van der Waals surface area contributed by atoms with Gasteiger partial charge in [0, 0.05) is 18.0 Å². The Morgan fingerprint density at radius 1 is 1.21 bits per heavy atom. The standard InChI is InChI=1S/C17H12ClN6/c1-11-8-19-7-6-15(11)24-9-13(17-20-10-21-22-17)16(23-24)12-4-2-3-5-14(12)18/h2-6,8-10H,1H3,(H,20,21,22). The van der Waals surface area contributed by atoms with E-state index in [4.69, 9.17) is 16.7 Å². The zero-order valence-corrected chi connectivity index (χ0v) is 13.5. The highest BCUT2D eigenvalue weighted by Crippen LogP contribution is 2.34. The van der Waals surface area contributed by atoms with Crippen molar-refractivity contribution >= 4 is 11.6 Å². The Hall–Kier alpha value is -2.99. The largest absolute Gasteiger partial charge is 0.265 e. The number of aromatic amines is 1. The van der Waals surface area contributed by atoms with E-state index in [0.717, 1.165) is 28.1 Å². The molecule has 1 radical (unpaired) electrons. The van der Waals surface area contributed by atoms with Crippen LogP contribution in [0.3, 0.4) is 0 Å². The van der Waals surface area contributed by atoms with E-state index in [1.165, 1.54) is 6.33 Å². The maximum Gasteiger partial charge on any atom is 0.184 e. The van der Waals surface area contributed by atoms with Crippen LogP contribution >= 0.6 is 11.6 Å². The quantitative estimate of drug-likeness (QED) is 0.622. The number of halogens is 1. The highest BCUT2D eigenvalue weighted by Gasteiger charge is 2.18. The Morgan fingerprint density at radius 3 is 2.83 bits per heavy atom. The lowest BCUT2D eigenvalue weighted by Crippen LogP contribution is -1.98. The van der Waals surface area contributed by atoms with Crippen LogP contribution in [0.15, 0.2) is 49.1 Å². The minimum absolute atomic E-state index is 0.562. The van der Waals surface area contributed by atoms with Gasteiger partial charge in [0.05, 0.1) is 22.5 Å². The first-order valence-electron chi connectivity index (χ1n) is 7.28. The molecule has 6 nitrogen and oxygen atoms in total. The van der Waals surface area contributed by atoms with E-state index in [1.807, 2.05) is 37.4 Å². The predicted octanol–water partition coefficient (Wildman–Crippen LogP) is 3.48. The number of rotatable bonds is 3. The third kappa shape index (κ3) is 2.47. The summed E-state index contributed by atoms with van der Waals surface area (Å²) in [5, 5.41) is 12.3. The molecule has 0 aliphatic heterocycles. The molecule has 7 heteroatoms. The molecule has 1 N–H and O–H groups in total. The van der Waals surface area contributed by atoms with Crippen molar-refractivity contribution in [1.82, 2.24) is 29.9 Å². The SMILES string of the molecule is Cc1cn[c]cc1-n1cc(-c2nc[nH]n2)c(-c2ccccc2Cl)n1. The number of pyridine rings is 1. The Bertz CT molecular complexity index is 990. The second-order valence-electron chi connectivity index (χ2n) is 5.24. The summed E-state index contributed by atoms with van der Waals surface area (Å²) in [6, 6.07) is 9.37. The molecule has 4 aromatic rings. The van der Waals surface area contributed by atoms with Crippen LogP contribution in [-0.4, -0.2) is 29.9 Å². The zero-order chi connectivity index (χ0) is 16.5. The number of H-pyrrole nitrogens is 1. The molecule has 117 valence electrons. The summed E-state index contributed by atoms with van der Waals surface area (Å²) in [6.07, 6.45) is 8.01. The van der Waals surface area contributed by atoms with Crippen LogP contribution < -0.4 is 0 Å². The van der Waals surface area contributed by atoms with Gasteiger partial charge in [0.25, 0.3) is 0 Å². The molecule has 24 heavy (non-hydrogen) atoms. The molecule has 0 amide bonds. The summed E-state index contributed by atoms with van der Waals surface area (Å²) in [5.41, 5.74) is 4.22. The van der Waals surface area contributed by atoms with Gasteiger partial charge in [-0.15, -0.1) is 0 Å². The monoisotopic (exact) mass is 335 g/mol. The van der Waals surface area contributed by atoms with Crippen molar-refractivity contribution in [2.45, 2.75) is 6.92 Å². The average molecular weight is 336 g/mol. The van der Waals surface area contributed by atoms with Gasteiger partial charge >= 0.3 is 0 Å². The van der Waals surface area contributed by atoms with Crippen molar-refractivity contribution in [2.75, 3.05) is 0 Å². The van der Waals surface area contributed by atoms with Crippen LogP contribution in [0.4, 0.5) is 0 Å². The van der Waals surface area contributed by atoms with Crippen molar-refractivity contribution < 1.29 is 0 Å². The predicted molar refractivity (Wildman–Crippen MR) is 90.8 cm³/mol. The number of nitrogens with one attached hydrogen (secondary N) is 1. The van der Waals surface area contributed by atoms with Crippen LogP contribution in [0.5, 0.6) is 0 Å². The van der Waals surface area contributed by atoms with Crippen molar-refractivity contribution in [3.63, 3.8) is 0 Å². The lowest BCUT2D eigenvalue weighted by atomic mass is 10.1. The number of aryl methyl sites for hydroxylation is 1. The molecule has 0 bridgehead atoms. The molecule has 3 heterocycles. The second kappa shape index (κ2) is 5.90. The van der Waals surface area contributed by atoms with Gasteiger partial charge in [-0.1, -0.05) is 29.8 Å². The van der Waals surface area contributed by atoms with Gasteiger partial charge in [-0.25, -0.2) is 9.67 Å². The van der Waals surface area contributed by atoms with Gasteiger partial charge in [0.15, 0.2) is 5.82 Å². The summed E-state index contributed by atoms with van der Waals surface area (Å²) in [7, 11) is 0. The topological polar surface area (TPSA) is 72.3 Å². The van der Waals surface area contributed by atoms with Gasteiger partial charge in [-0.2, -0.15) is 10.2 Å². The van der Waals surface area contributed by atoms with Gasteiger partial charge in [0.2, 0.25) is 0 Å². The molecule has 0 saturated carbocycles. The van der Waals surface area contributed by atoms with Crippen molar-refractivity contribution in [3.05, 3.63) is 65.8 Å². The average Bonchev–Trinajstić information content (AvgIpc) is 3.25. The smallest absolute Gasteiger partial charge is 0.184 e. The van der Waals surface area contributed by atoms with E-state index in [0.29, 0.717) is 10.8 Å². The Kier molecular flexibility index (Phi) is 3.59. The maximum absolute atomic E-state index is 6.36. The molecule has 0 aliphatic carbocycles. The van der Waals surface area contributed by atoms with Gasteiger partial charge in [-0.3, -0.25) is 10.1 Å². The van der Waals surface area contributed by atoms with Crippen LogP contribution in [-0.2, 0) is 0 Å². The molecular formula is C17H12ClN6. The van der Waals surface area contributed by atoms with Crippen molar-refractivity contribution in [2.24, 2.45) is 0 Å². The maximum atomic E-state index is 6.36. The molecule has 0 aliphatic rings. The Labute approximate surface area is 143 Å². The van der Waals surface area contributed by atoms with Crippen LogP contribution in [0.2, 0.25) is 5.02 Å². The Morgan fingerprint density at radius 2 is 2.08 bits per heavy atom. The molecule has 4 rings (SSSR count). The Balaban J connectivity index is 1.96. The minimum atomic E-state index is 0.562. The van der Waals surface area contributed by atoms with Crippen molar-refractivity contribution in [1.29, 1.82) is 0 Å². The lowest BCUT2D eigenvalue weighted by molar-refractivity contribution is 0.872. The fraction of sp³-hybridized carbons (Fsp3) is 0.0588. The molecule has 0 atom stereocenters. The molecule has 0 unspecified atom stereocenters. The molecule has 1 aromatic carbocycles. The summed E-state index contributed by atoms with van der Waals surface area (Å²) in [4.78, 5) is 8.25. The first-order chi connectivity index (χ1) is 11.7. The molecule has 3 aromatic heterocycles. The van der Waals surface area contributed by atoms with Gasteiger partial charge in [-0.05, 0) is 24.6 Å². The summed E-state index contributed by atoms with van der Waals surface area (Å²) >= 11 is 6.36. The van der Waals surface area contributed by atoms with E-state index in [1.54, 1.807) is 16.9 Å². The van der Waals surface area contributed by atoms with Crippen molar-refractivity contribution in [3.8, 4) is 28.3 Å². The van der Waals surface area contributed by atoms with E-state index >= 15 is 0 Å². The van der Waals surface area contributed by atoms with Gasteiger partial charge in [0.1, 0.15) is 12.0 Å². The van der Waals surface area contributed by atoms with E-state index in [-0.39, 0.29) is 0 Å². The zero-order valence-electron chi connectivity index (χ0n) is 12.7. The minimum Gasteiger partial charge on any atom is -0.265 e. The molecular weight excluding hydrogens is 324 g/mol. The number of hydrogen-bond donors (Lipinski definition) is 1. The summed E-state index contributed by atoms with van der Waals surface area (Å²) in [5.74, 6) is 0.562. The lowest BCUT2D eigenvalue weighted by Gasteiger charge is -2.04. The van der Waals surface area contributed by atoms with E-state index in [2.05, 4.69) is 26.4 Å². The van der Waals surface area contributed by atoms with Gasteiger partial charge < -0.3 is 0 Å². The first-order valence-corrected chi connectivity index (χ1v) is 7.65. The third-order valence-corrected chi connectivity index (χ3v) is 4.01. The second-order valence-corrected chi connectivity index (χ2v) is 5.65. The number of benzene rings is 1. The highest BCUT2D eigenvalue weighted by molar-refractivity contribution is 6.33. The first kappa shape index (κ1) is 14.6.